The summed E-state index contributed by atoms with van der Waals surface area (Å²) in [7, 11) is 0. The van der Waals surface area contributed by atoms with Crippen LogP contribution in [0.3, 0.4) is 0 Å². The van der Waals surface area contributed by atoms with Gasteiger partial charge in [0, 0.05) is 0 Å². The molecule has 1 N–H and O–H groups in total. The van der Waals surface area contributed by atoms with Gasteiger partial charge in [-0.1, -0.05) is 0 Å². The molecule has 0 spiro atoms. The summed E-state index contributed by atoms with van der Waals surface area (Å²) in [6, 6.07) is 0. The van der Waals surface area contributed by atoms with Gasteiger partial charge in [-0.25, -0.2) is 0 Å². The van der Waals surface area contributed by atoms with Crippen LogP contribution in [0.15, 0.2) is 0 Å². The topological polar surface area (TPSA) is 37.3 Å². The number of hydrogen-bond donors (Lipinski definition) is 1. The maximum atomic E-state index is 11.0. The quantitative estimate of drug-likeness (QED) is 0.530. The number of hydrogen-bond acceptors (Lipinski definition) is 2. The summed E-state index contributed by atoms with van der Waals surface area (Å²) in [5, 5.41) is 9.02. The molecule has 0 saturated heterocycles. The highest BCUT2D eigenvalue weighted by molar-refractivity contribution is 6.35. The van der Waals surface area contributed by atoms with Crippen molar-refractivity contribution in [1.82, 2.24) is 0 Å². The fraction of sp³-hybridized carbons (Fsp3) is 0.857. The first kappa shape index (κ1) is 6.62. The van der Waals surface area contributed by atoms with Crippen LogP contribution in [0.5, 0.6) is 0 Å². The van der Waals surface area contributed by atoms with E-state index in [0.29, 0.717) is 6.42 Å². The van der Waals surface area contributed by atoms with E-state index < -0.39 is 11.0 Å². The lowest BCUT2D eigenvalue weighted by molar-refractivity contribution is -0.150. The lowest BCUT2D eigenvalue weighted by atomic mass is 9.70. The summed E-state index contributed by atoms with van der Waals surface area (Å²) in [6.07, 6.45) is 2.48. The minimum atomic E-state index is -0.821. The number of alkyl halides is 1. The van der Waals surface area contributed by atoms with E-state index in [4.69, 9.17) is 11.6 Å². The van der Waals surface area contributed by atoms with Gasteiger partial charge in [-0.2, -0.15) is 0 Å². The molecule has 2 fully saturated rings. The highest BCUT2D eigenvalue weighted by atomic mass is 35.5. The van der Waals surface area contributed by atoms with Crippen molar-refractivity contribution in [3.05, 3.63) is 0 Å². The van der Waals surface area contributed by atoms with E-state index in [-0.39, 0.29) is 11.7 Å². The Balaban J connectivity index is 2.26. The van der Waals surface area contributed by atoms with Gasteiger partial charge in [0.25, 0.3) is 0 Å². The molecule has 0 unspecified atom stereocenters. The van der Waals surface area contributed by atoms with Gasteiger partial charge in [0.05, 0.1) is 11.5 Å². The number of fused-ring (bicyclic) bond motifs is 1. The van der Waals surface area contributed by atoms with Crippen LogP contribution in [-0.2, 0) is 4.79 Å². The smallest absolute Gasteiger partial charge is 0.159 e. The van der Waals surface area contributed by atoms with Crippen molar-refractivity contribution < 1.29 is 9.90 Å². The van der Waals surface area contributed by atoms with Crippen molar-refractivity contribution in [2.45, 2.75) is 30.2 Å². The molecule has 56 valence electrons. The molecule has 2 rings (SSSR count). The van der Waals surface area contributed by atoms with E-state index in [2.05, 4.69) is 0 Å². The summed E-state index contributed by atoms with van der Waals surface area (Å²) >= 11 is 5.64. The lowest BCUT2D eigenvalue weighted by Gasteiger charge is -2.43. The molecule has 3 heteroatoms. The highest BCUT2D eigenvalue weighted by Gasteiger charge is 2.62. The van der Waals surface area contributed by atoms with Crippen molar-refractivity contribution >= 4 is 17.4 Å². The number of rotatable bonds is 0. The molecule has 10 heavy (non-hydrogen) atoms. The predicted molar refractivity (Wildman–Crippen MR) is 36.9 cm³/mol. The standard InChI is InChI=1S/C7H9ClO2/c8-6-5(9)4-2-1-3-7(4,6)10/h4,6,10H,1-3H2/t4-,6+,7+/m1/s1. The van der Waals surface area contributed by atoms with Gasteiger partial charge in [-0.3, -0.25) is 4.79 Å². The molecule has 2 aliphatic rings. The summed E-state index contributed by atoms with van der Waals surface area (Å²) in [4.78, 5) is 11.0. The zero-order chi connectivity index (χ0) is 7.35. The Labute approximate surface area is 64.2 Å². The Morgan fingerprint density at radius 3 is 3.00 bits per heavy atom. The van der Waals surface area contributed by atoms with Gasteiger partial charge in [-0.15, -0.1) is 11.6 Å². The summed E-state index contributed by atoms with van der Waals surface area (Å²) < 4.78 is 0. The average molecular weight is 161 g/mol. The van der Waals surface area contributed by atoms with Crippen LogP contribution in [0.25, 0.3) is 0 Å². The number of ketones is 1. The Bertz CT molecular complexity index is 192. The second kappa shape index (κ2) is 1.74. The van der Waals surface area contributed by atoms with Crippen LogP contribution >= 0.6 is 11.6 Å². The number of carbonyl (C=O) groups excluding carboxylic acids is 1. The lowest BCUT2D eigenvalue weighted by Crippen LogP contribution is -2.61. The van der Waals surface area contributed by atoms with E-state index >= 15 is 0 Å². The maximum absolute atomic E-state index is 11.0. The van der Waals surface area contributed by atoms with Crippen molar-refractivity contribution in [3.8, 4) is 0 Å². The van der Waals surface area contributed by atoms with Gasteiger partial charge in [0.15, 0.2) is 5.78 Å². The minimum Gasteiger partial charge on any atom is -0.387 e. The molecule has 0 amide bonds. The molecule has 3 atom stereocenters. The molecule has 0 aromatic carbocycles. The molecule has 0 bridgehead atoms. The molecule has 2 saturated carbocycles. The number of halogens is 1. The Kier molecular flexibility index (Phi) is 1.15. The molecular weight excluding hydrogens is 152 g/mol. The number of carbonyl (C=O) groups is 1. The van der Waals surface area contributed by atoms with Crippen LogP contribution in [0.4, 0.5) is 0 Å². The second-order valence-electron chi connectivity index (χ2n) is 3.20. The van der Waals surface area contributed by atoms with Crippen molar-refractivity contribution in [3.63, 3.8) is 0 Å². The zero-order valence-corrected chi connectivity index (χ0v) is 6.27. The van der Waals surface area contributed by atoms with Gasteiger partial charge in [-0.05, 0) is 19.3 Å². The highest BCUT2D eigenvalue weighted by Crippen LogP contribution is 2.50. The number of Topliss-reactive ketones (excluding diaryl/α,β-unsaturated/α-hetero) is 1. The number of aliphatic hydroxyl groups is 1. The van der Waals surface area contributed by atoms with E-state index in [1.807, 2.05) is 0 Å². The summed E-state index contributed by atoms with van der Waals surface area (Å²) in [5.41, 5.74) is -0.821. The molecule has 2 nitrogen and oxygen atoms in total. The monoisotopic (exact) mass is 160 g/mol. The molecule has 0 radical (unpaired) electrons. The fourth-order valence-corrected chi connectivity index (χ4v) is 2.45. The van der Waals surface area contributed by atoms with Gasteiger partial charge in [0.1, 0.15) is 5.38 Å². The van der Waals surface area contributed by atoms with Crippen molar-refractivity contribution in [2.24, 2.45) is 5.92 Å². The van der Waals surface area contributed by atoms with E-state index in [1.165, 1.54) is 0 Å². The van der Waals surface area contributed by atoms with Crippen LogP contribution in [0.2, 0.25) is 0 Å². The van der Waals surface area contributed by atoms with Gasteiger partial charge >= 0.3 is 0 Å². The molecule has 0 aliphatic heterocycles. The second-order valence-corrected chi connectivity index (χ2v) is 3.64. The predicted octanol–water partition coefficient (Wildman–Crippen LogP) is 0.708. The Morgan fingerprint density at radius 1 is 1.70 bits per heavy atom. The van der Waals surface area contributed by atoms with E-state index in [1.54, 1.807) is 0 Å². The third-order valence-corrected chi connectivity index (χ3v) is 3.30. The largest absolute Gasteiger partial charge is 0.387 e. The van der Waals surface area contributed by atoms with Crippen LogP contribution in [0, 0.1) is 5.92 Å². The third kappa shape index (κ3) is 0.523. The Morgan fingerprint density at radius 2 is 2.40 bits per heavy atom. The molecule has 2 aliphatic carbocycles. The van der Waals surface area contributed by atoms with Crippen molar-refractivity contribution in [1.29, 1.82) is 0 Å². The van der Waals surface area contributed by atoms with Crippen LogP contribution in [-0.4, -0.2) is 21.9 Å². The molecule has 0 aromatic rings. The Hall–Kier alpha value is -0.0800. The first-order chi connectivity index (χ1) is 4.66. The normalized spacial score (nSPS) is 52.4. The SMILES string of the molecule is O=C1[C@H]2CCC[C@@]2(O)[C@H]1Cl. The molecule has 0 heterocycles. The van der Waals surface area contributed by atoms with E-state index in [9.17, 15) is 9.90 Å². The first-order valence-corrected chi connectivity index (χ1v) is 4.00. The minimum absolute atomic E-state index is 0.0432. The fourth-order valence-electron chi connectivity index (χ4n) is 2.03. The van der Waals surface area contributed by atoms with Crippen LogP contribution in [0.1, 0.15) is 19.3 Å². The maximum Gasteiger partial charge on any atom is 0.159 e. The molecular formula is C7H9ClO2. The van der Waals surface area contributed by atoms with Crippen molar-refractivity contribution in [2.75, 3.05) is 0 Å². The average Bonchev–Trinajstić information content (AvgIpc) is 2.28. The third-order valence-electron chi connectivity index (χ3n) is 2.71. The summed E-state index contributed by atoms with van der Waals surface area (Å²) in [5.74, 6) is -0.0864. The zero-order valence-electron chi connectivity index (χ0n) is 5.51. The van der Waals surface area contributed by atoms with Crippen LogP contribution < -0.4 is 0 Å². The first-order valence-electron chi connectivity index (χ1n) is 3.56. The molecule has 0 aromatic heterocycles. The van der Waals surface area contributed by atoms with Gasteiger partial charge < -0.3 is 5.11 Å². The van der Waals surface area contributed by atoms with E-state index in [0.717, 1.165) is 12.8 Å². The summed E-state index contributed by atoms with van der Waals surface area (Å²) in [6.45, 7) is 0. The van der Waals surface area contributed by atoms with Gasteiger partial charge in [0.2, 0.25) is 0 Å².